The smallest absolute Gasteiger partial charge is 0.250 e. The van der Waals surface area contributed by atoms with Gasteiger partial charge < -0.3 is 9.45 Å². The van der Waals surface area contributed by atoms with Crippen LogP contribution in [-0.4, -0.2) is 37.2 Å². The Morgan fingerprint density at radius 3 is 2.33 bits per heavy atom. The number of benzene rings is 2. The third-order valence-electron chi connectivity index (χ3n) is 4.83. The Morgan fingerprint density at radius 2 is 1.77 bits per heavy atom. The molecular formula is C21H22N3O5S-. The Bertz CT molecular complexity index is 973. The molecule has 30 heavy (non-hydrogen) atoms. The van der Waals surface area contributed by atoms with E-state index in [9.17, 15) is 18.4 Å². The van der Waals surface area contributed by atoms with Crippen LogP contribution in [0.3, 0.4) is 0 Å². The molecule has 0 radical (unpaired) electrons. The Morgan fingerprint density at radius 1 is 1.17 bits per heavy atom. The molecule has 1 atom stereocenters. The summed E-state index contributed by atoms with van der Waals surface area (Å²) >= 11 is -2.48. The van der Waals surface area contributed by atoms with E-state index in [4.69, 9.17) is 5.21 Å². The number of hydrogen-bond donors (Lipinski definition) is 2. The van der Waals surface area contributed by atoms with Crippen LogP contribution < -0.4 is 9.79 Å². The lowest BCUT2D eigenvalue weighted by atomic mass is 10.1. The van der Waals surface area contributed by atoms with Crippen molar-refractivity contribution in [3.05, 3.63) is 71.3 Å². The van der Waals surface area contributed by atoms with Crippen LogP contribution in [-0.2, 0) is 27.4 Å². The van der Waals surface area contributed by atoms with Crippen molar-refractivity contribution in [1.29, 1.82) is 0 Å². The molecule has 0 saturated heterocycles. The summed E-state index contributed by atoms with van der Waals surface area (Å²) in [6.07, 6.45) is 2.08. The maximum Gasteiger partial charge on any atom is 0.250 e. The highest BCUT2D eigenvalue weighted by atomic mass is 32.2. The molecule has 9 heteroatoms. The molecule has 3 rings (SSSR count). The summed E-state index contributed by atoms with van der Waals surface area (Å²) in [5, 5.41) is 8.55. The summed E-state index contributed by atoms with van der Waals surface area (Å²) in [5.74, 6) is -0.682. The summed E-state index contributed by atoms with van der Waals surface area (Å²) < 4.78 is 24.8. The van der Waals surface area contributed by atoms with E-state index in [0.717, 1.165) is 11.1 Å². The largest absolute Gasteiger partial charge is 0.755 e. The summed E-state index contributed by atoms with van der Waals surface area (Å²) in [5.41, 5.74) is 5.02. The number of rotatable bonds is 8. The Hall–Kier alpha value is -3.01. The fraction of sp³-hybridized carbons (Fsp3) is 0.238. The van der Waals surface area contributed by atoms with Crippen molar-refractivity contribution >= 4 is 34.5 Å². The first kappa shape index (κ1) is 21.7. The fourth-order valence-corrected chi connectivity index (χ4v) is 3.79. The monoisotopic (exact) mass is 428 g/mol. The molecule has 0 fully saturated rings. The van der Waals surface area contributed by atoms with Gasteiger partial charge in [-0.3, -0.25) is 23.3 Å². The van der Waals surface area contributed by atoms with Crippen LogP contribution in [0.4, 0.5) is 11.4 Å². The number of carbonyl (C=O) groups excluding carboxylic acids is 2. The SMILES string of the molecule is Cc1ccc(N(c2ccc(CN3CC=C(CCC(=O)NO)C3=O)cc2)S(=O)[O-])cc1. The van der Waals surface area contributed by atoms with E-state index >= 15 is 0 Å². The highest BCUT2D eigenvalue weighted by Crippen LogP contribution is 2.28. The maximum absolute atomic E-state index is 12.5. The van der Waals surface area contributed by atoms with E-state index in [1.54, 1.807) is 52.9 Å². The minimum absolute atomic E-state index is 0.0395. The van der Waals surface area contributed by atoms with Crippen molar-refractivity contribution in [2.45, 2.75) is 26.3 Å². The minimum Gasteiger partial charge on any atom is -0.755 e. The molecule has 1 aliphatic heterocycles. The predicted octanol–water partition coefficient (Wildman–Crippen LogP) is 2.48. The van der Waals surface area contributed by atoms with Gasteiger partial charge in [0.15, 0.2) is 0 Å². The van der Waals surface area contributed by atoms with Crippen LogP contribution in [0.2, 0.25) is 0 Å². The van der Waals surface area contributed by atoms with Gasteiger partial charge in [0.2, 0.25) is 11.8 Å². The Labute approximate surface area is 177 Å². The number of hydrogen-bond acceptors (Lipinski definition) is 5. The van der Waals surface area contributed by atoms with Crippen LogP contribution in [0.25, 0.3) is 0 Å². The van der Waals surface area contributed by atoms with Crippen LogP contribution in [0, 0.1) is 6.92 Å². The molecule has 1 unspecified atom stereocenters. The lowest BCUT2D eigenvalue weighted by molar-refractivity contribution is -0.129. The average molecular weight is 428 g/mol. The van der Waals surface area contributed by atoms with Crippen molar-refractivity contribution in [3.8, 4) is 0 Å². The second kappa shape index (κ2) is 9.66. The predicted molar refractivity (Wildman–Crippen MR) is 111 cm³/mol. The van der Waals surface area contributed by atoms with E-state index in [0.29, 0.717) is 30.0 Å². The molecule has 2 N–H and O–H groups in total. The number of amides is 2. The number of hydroxylamine groups is 1. The van der Waals surface area contributed by atoms with Gasteiger partial charge in [0.05, 0.1) is 22.6 Å². The molecular weight excluding hydrogens is 406 g/mol. The highest BCUT2D eigenvalue weighted by molar-refractivity contribution is 7.81. The van der Waals surface area contributed by atoms with E-state index in [1.165, 1.54) is 4.31 Å². The summed E-state index contributed by atoms with van der Waals surface area (Å²) in [7, 11) is 0. The van der Waals surface area contributed by atoms with Crippen molar-refractivity contribution in [3.63, 3.8) is 0 Å². The molecule has 8 nitrogen and oxygen atoms in total. The molecule has 2 amide bonds. The lowest BCUT2D eigenvalue weighted by Crippen LogP contribution is -2.27. The van der Waals surface area contributed by atoms with Gasteiger partial charge in [-0.05, 0) is 43.2 Å². The Kier molecular flexibility index (Phi) is 6.99. The standard InChI is InChI=1S/C21H23N3O5S/c1-15-2-7-18(8-3-15)24(30(28)29)19-9-4-16(5-10-19)14-23-13-12-17(21(23)26)6-11-20(25)22-27/h2-5,7-10,12,27H,6,11,13-14H2,1H3,(H,22,25)(H,28,29)/p-1. The molecule has 2 aromatic rings. The zero-order valence-corrected chi connectivity index (χ0v) is 17.2. The first-order chi connectivity index (χ1) is 14.4. The molecule has 1 heterocycles. The highest BCUT2D eigenvalue weighted by Gasteiger charge is 2.24. The van der Waals surface area contributed by atoms with Crippen LogP contribution in [0.1, 0.15) is 24.0 Å². The number of anilines is 2. The molecule has 1 aliphatic rings. The molecule has 0 spiro atoms. The van der Waals surface area contributed by atoms with Gasteiger partial charge in [-0.25, -0.2) is 5.48 Å². The van der Waals surface area contributed by atoms with Gasteiger partial charge in [-0.1, -0.05) is 35.9 Å². The van der Waals surface area contributed by atoms with Crippen molar-refractivity contribution < 1.29 is 23.6 Å². The molecule has 0 aliphatic carbocycles. The van der Waals surface area contributed by atoms with Crippen LogP contribution in [0.5, 0.6) is 0 Å². The maximum atomic E-state index is 12.5. The van der Waals surface area contributed by atoms with Crippen molar-refractivity contribution in [1.82, 2.24) is 10.4 Å². The van der Waals surface area contributed by atoms with Gasteiger partial charge in [-0.2, -0.15) is 0 Å². The molecule has 0 saturated carbocycles. The number of aryl methyl sites for hydroxylation is 1. The van der Waals surface area contributed by atoms with E-state index in [1.807, 2.05) is 19.1 Å². The van der Waals surface area contributed by atoms with Gasteiger partial charge >= 0.3 is 0 Å². The number of carbonyl (C=O) groups is 2. The first-order valence-electron chi connectivity index (χ1n) is 9.35. The third-order valence-corrected chi connectivity index (χ3v) is 5.55. The second-order valence-electron chi connectivity index (χ2n) is 6.96. The minimum atomic E-state index is -2.48. The van der Waals surface area contributed by atoms with Gasteiger partial charge in [0, 0.05) is 25.1 Å². The summed E-state index contributed by atoms with van der Waals surface area (Å²) in [6, 6.07) is 14.1. The van der Waals surface area contributed by atoms with E-state index in [2.05, 4.69) is 0 Å². The summed E-state index contributed by atoms with van der Waals surface area (Å²) in [6.45, 7) is 2.74. The quantitative estimate of drug-likeness (QED) is 0.381. The lowest BCUT2D eigenvalue weighted by Gasteiger charge is -2.27. The Balaban J connectivity index is 1.66. The molecule has 0 aromatic heterocycles. The molecule has 0 bridgehead atoms. The van der Waals surface area contributed by atoms with Gasteiger partial charge in [0.1, 0.15) is 0 Å². The zero-order valence-electron chi connectivity index (χ0n) is 16.4. The number of nitrogens with one attached hydrogen (secondary N) is 1. The normalized spacial score (nSPS) is 14.4. The summed E-state index contributed by atoms with van der Waals surface area (Å²) in [4.78, 5) is 25.2. The van der Waals surface area contributed by atoms with E-state index in [-0.39, 0.29) is 18.7 Å². The van der Waals surface area contributed by atoms with E-state index < -0.39 is 17.2 Å². The van der Waals surface area contributed by atoms with Crippen molar-refractivity contribution in [2.75, 3.05) is 10.8 Å². The number of nitrogens with zero attached hydrogens (tertiary/aromatic N) is 2. The van der Waals surface area contributed by atoms with Crippen LogP contribution in [0.15, 0.2) is 60.2 Å². The van der Waals surface area contributed by atoms with Gasteiger partial charge in [0.25, 0.3) is 0 Å². The fourth-order valence-electron chi connectivity index (χ4n) is 3.20. The molecule has 158 valence electrons. The first-order valence-corrected chi connectivity index (χ1v) is 10.4. The van der Waals surface area contributed by atoms with Crippen molar-refractivity contribution in [2.24, 2.45) is 0 Å². The van der Waals surface area contributed by atoms with Crippen LogP contribution >= 0.6 is 0 Å². The third kappa shape index (κ3) is 5.12. The van der Waals surface area contributed by atoms with Gasteiger partial charge in [-0.15, -0.1) is 0 Å². The average Bonchev–Trinajstić information content (AvgIpc) is 3.08. The zero-order chi connectivity index (χ0) is 21.7. The molecule has 2 aromatic carbocycles. The topological polar surface area (TPSA) is 113 Å². The second-order valence-corrected chi connectivity index (χ2v) is 7.76.